The van der Waals surface area contributed by atoms with E-state index in [2.05, 4.69) is 38.2 Å². The number of rotatable bonds is 7. The molecule has 0 spiro atoms. The van der Waals surface area contributed by atoms with Crippen LogP contribution in [0, 0.1) is 0 Å². The van der Waals surface area contributed by atoms with E-state index < -0.39 is 0 Å². The maximum atomic E-state index is 11.6. The van der Waals surface area contributed by atoms with Crippen molar-refractivity contribution in [3.63, 3.8) is 0 Å². The van der Waals surface area contributed by atoms with Crippen LogP contribution in [0.4, 0.5) is 0 Å². The Morgan fingerprint density at radius 1 is 1.21 bits per heavy atom. The number of hydrogen-bond donors (Lipinski definition) is 1. The van der Waals surface area contributed by atoms with Crippen molar-refractivity contribution in [2.45, 2.75) is 31.3 Å². The Hall–Kier alpha value is -0.610. The average molecular weight is 297 g/mol. The molecule has 0 heterocycles. The minimum absolute atomic E-state index is 0.135. The van der Waals surface area contributed by atoms with Crippen molar-refractivity contribution in [3.8, 4) is 0 Å². The van der Waals surface area contributed by atoms with Crippen molar-refractivity contribution in [1.29, 1.82) is 0 Å². The molecule has 2 nitrogen and oxygen atoms in total. The van der Waals surface area contributed by atoms with Crippen molar-refractivity contribution in [2.75, 3.05) is 18.1 Å². The van der Waals surface area contributed by atoms with Crippen LogP contribution in [-0.2, 0) is 10.5 Å². The molecule has 106 valence electrons. The van der Waals surface area contributed by atoms with Gasteiger partial charge in [-0.15, -0.1) is 11.8 Å². The van der Waals surface area contributed by atoms with Gasteiger partial charge in [0.1, 0.15) is 0 Å². The summed E-state index contributed by atoms with van der Waals surface area (Å²) in [6, 6.07) is 10.2. The van der Waals surface area contributed by atoms with Crippen molar-refractivity contribution in [2.24, 2.45) is 0 Å². The molecule has 1 rings (SSSR count). The summed E-state index contributed by atoms with van der Waals surface area (Å²) in [5, 5.41) is 2.96. The van der Waals surface area contributed by atoms with Crippen molar-refractivity contribution in [3.05, 3.63) is 35.9 Å². The number of nitrogens with one attached hydrogen (secondary N) is 1. The third-order valence-electron chi connectivity index (χ3n) is 2.30. The number of amides is 1. The Morgan fingerprint density at radius 2 is 1.89 bits per heavy atom. The van der Waals surface area contributed by atoms with Crippen LogP contribution in [0.3, 0.4) is 0 Å². The molecule has 0 aliphatic carbocycles. The van der Waals surface area contributed by atoms with Gasteiger partial charge >= 0.3 is 0 Å². The first-order chi connectivity index (χ1) is 8.97. The van der Waals surface area contributed by atoms with E-state index in [0.29, 0.717) is 5.75 Å². The maximum Gasteiger partial charge on any atom is 0.230 e. The summed E-state index contributed by atoms with van der Waals surface area (Å²) in [5.74, 6) is 2.54. The van der Waals surface area contributed by atoms with E-state index in [-0.39, 0.29) is 10.7 Å². The monoisotopic (exact) mass is 297 g/mol. The summed E-state index contributed by atoms with van der Waals surface area (Å²) in [7, 11) is 0. The molecule has 0 aromatic heterocycles. The molecule has 0 aliphatic rings. The lowest BCUT2D eigenvalue weighted by Gasteiger charge is -2.17. The SMILES string of the molecule is CC(C)(C)SCCNC(=O)CSCc1ccccc1. The molecule has 1 aromatic rings. The van der Waals surface area contributed by atoms with E-state index >= 15 is 0 Å². The van der Waals surface area contributed by atoms with Crippen molar-refractivity contribution < 1.29 is 4.79 Å². The van der Waals surface area contributed by atoms with Gasteiger partial charge in [0.05, 0.1) is 5.75 Å². The molecular weight excluding hydrogens is 274 g/mol. The highest BCUT2D eigenvalue weighted by Gasteiger charge is 2.09. The van der Waals surface area contributed by atoms with Gasteiger partial charge in [-0.2, -0.15) is 11.8 Å². The predicted molar refractivity (Wildman–Crippen MR) is 87.8 cm³/mol. The van der Waals surface area contributed by atoms with Gasteiger partial charge in [0.25, 0.3) is 0 Å². The van der Waals surface area contributed by atoms with Gasteiger partial charge in [0, 0.05) is 22.8 Å². The molecule has 0 saturated carbocycles. The molecule has 0 atom stereocenters. The minimum atomic E-state index is 0.135. The molecule has 0 radical (unpaired) electrons. The Balaban J connectivity index is 2.05. The zero-order chi connectivity index (χ0) is 14.1. The fourth-order valence-corrected chi connectivity index (χ4v) is 3.07. The molecule has 0 bridgehead atoms. The molecule has 1 aromatic carbocycles. The molecule has 0 unspecified atom stereocenters. The third kappa shape index (κ3) is 9.00. The Bertz CT molecular complexity index is 373. The quantitative estimate of drug-likeness (QED) is 0.780. The van der Waals surface area contributed by atoms with Gasteiger partial charge in [0.2, 0.25) is 5.91 Å². The van der Waals surface area contributed by atoms with Gasteiger partial charge in [-0.25, -0.2) is 0 Å². The molecule has 1 N–H and O–H groups in total. The summed E-state index contributed by atoms with van der Waals surface area (Å²) in [5.41, 5.74) is 1.27. The van der Waals surface area contributed by atoms with Crippen LogP contribution < -0.4 is 5.32 Å². The van der Waals surface area contributed by atoms with Crippen LogP contribution in [0.25, 0.3) is 0 Å². The van der Waals surface area contributed by atoms with E-state index in [1.54, 1.807) is 11.8 Å². The van der Waals surface area contributed by atoms with E-state index in [1.807, 2.05) is 30.0 Å². The minimum Gasteiger partial charge on any atom is -0.355 e. The van der Waals surface area contributed by atoms with Crippen LogP contribution in [0.2, 0.25) is 0 Å². The number of benzene rings is 1. The first-order valence-corrected chi connectivity index (χ1v) is 8.64. The van der Waals surface area contributed by atoms with Crippen LogP contribution in [0.15, 0.2) is 30.3 Å². The number of carbonyl (C=O) groups is 1. The van der Waals surface area contributed by atoms with E-state index in [1.165, 1.54) is 5.56 Å². The lowest BCUT2D eigenvalue weighted by Crippen LogP contribution is -2.28. The number of thioether (sulfide) groups is 2. The van der Waals surface area contributed by atoms with E-state index in [0.717, 1.165) is 18.1 Å². The molecule has 0 aliphatic heterocycles. The number of carbonyl (C=O) groups excluding carboxylic acids is 1. The lowest BCUT2D eigenvalue weighted by molar-refractivity contribution is -0.118. The smallest absolute Gasteiger partial charge is 0.230 e. The summed E-state index contributed by atoms with van der Waals surface area (Å²) in [6.45, 7) is 7.33. The molecular formula is C15H23NOS2. The fraction of sp³-hybridized carbons (Fsp3) is 0.533. The fourth-order valence-electron chi connectivity index (χ4n) is 1.43. The van der Waals surface area contributed by atoms with E-state index in [4.69, 9.17) is 0 Å². The third-order valence-corrected chi connectivity index (χ3v) is 4.58. The first kappa shape index (κ1) is 16.4. The predicted octanol–water partition coefficient (Wildman–Crippen LogP) is 3.57. The van der Waals surface area contributed by atoms with Gasteiger partial charge in [-0.05, 0) is 5.56 Å². The highest BCUT2D eigenvalue weighted by Crippen LogP contribution is 2.22. The standard InChI is InChI=1S/C15H23NOS2/c1-15(2,3)19-10-9-16-14(17)12-18-11-13-7-5-4-6-8-13/h4-8H,9-12H2,1-3H3,(H,16,17). The normalized spacial score (nSPS) is 11.3. The zero-order valence-corrected chi connectivity index (χ0v) is 13.6. The van der Waals surface area contributed by atoms with Crippen LogP contribution in [0.5, 0.6) is 0 Å². The van der Waals surface area contributed by atoms with E-state index in [9.17, 15) is 4.79 Å². The topological polar surface area (TPSA) is 29.1 Å². The molecule has 1 amide bonds. The average Bonchev–Trinajstić information content (AvgIpc) is 2.35. The lowest BCUT2D eigenvalue weighted by atomic mass is 10.2. The summed E-state index contributed by atoms with van der Waals surface area (Å²) in [4.78, 5) is 11.6. The largest absolute Gasteiger partial charge is 0.355 e. The molecule has 4 heteroatoms. The highest BCUT2D eigenvalue weighted by molar-refractivity contribution is 8.00. The Labute approximate surface area is 125 Å². The van der Waals surface area contributed by atoms with Crippen molar-refractivity contribution in [1.82, 2.24) is 5.32 Å². The van der Waals surface area contributed by atoms with Gasteiger partial charge in [-0.1, -0.05) is 51.1 Å². The van der Waals surface area contributed by atoms with Gasteiger partial charge < -0.3 is 5.32 Å². The second-order valence-corrected chi connectivity index (χ2v) is 8.20. The molecule has 19 heavy (non-hydrogen) atoms. The molecule has 0 fully saturated rings. The Kier molecular flexibility index (Phi) is 7.39. The first-order valence-electron chi connectivity index (χ1n) is 6.50. The summed E-state index contributed by atoms with van der Waals surface area (Å²) < 4.78 is 0.271. The zero-order valence-electron chi connectivity index (χ0n) is 11.9. The van der Waals surface area contributed by atoms with Crippen LogP contribution in [-0.4, -0.2) is 28.7 Å². The second kappa shape index (κ2) is 8.54. The summed E-state index contributed by atoms with van der Waals surface area (Å²) in [6.07, 6.45) is 0. The van der Waals surface area contributed by atoms with Gasteiger partial charge in [0.15, 0.2) is 0 Å². The Morgan fingerprint density at radius 3 is 2.53 bits per heavy atom. The highest BCUT2D eigenvalue weighted by atomic mass is 32.2. The molecule has 0 saturated heterocycles. The maximum absolute atomic E-state index is 11.6. The summed E-state index contributed by atoms with van der Waals surface area (Å²) >= 11 is 3.53. The van der Waals surface area contributed by atoms with Crippen molar-refractivity contribution >= 4 is 29.4 Å². The second-order valence-electron chi connectivity index (χ2n) is 5.29. The van der Waals surface area contributed by atoms with Crippen LogP contribution >= 0.6 is 23.5 Å². The van der Waals surface area contributed by atoms with Gasteiger partial charge in [-0.3, -0.25) is 4.79 Å². The van der Waals surface area contributed by atoms with Crippen LogP contribution in [0.1, 0.15) is 26.3 Å². The number of hydrogen-bond acceptors (Lipinski definition) is 3.